The number of anilines is 1. The number of nitrogens with two attached hydrogens (primary N) is 1. The fourth-order valence-electron chi connectivity index (χ4n) is 3.98. The van der Waals surface area contributed by atoms with Crippen molar-refractivity contribution >= 4 is 41.5 Å². The Morgan fingerprint density at radius 2 is 2.07 bits per heavy atom. The third-order valence-electron chi connectivity index (χ3n) is 5.35. The molecular weight excluding hydrogens is 453 g/mol. The maximum absolute atomic E-state index is 12.2. The highest BCUT2D eigenvalue weighted by atomic mass is 127. The molecule has 3 N–H and O–H groups in total. The zero-order chi connectivity index (χ0) is 18.5. The summed E-state index contributed by atoms with van der Waals surface area (Å²) in [6.07, 6.45) is 6.55. The average Bonchev–Trinajstić information content (AvgIpc) is 3.26. The Morgan fingerprint density at radius 3 is 2.85 bits per heavy atom. The van der Waals surface area contributed by atoms with Crippen LogP contribution < -0.4 is 11.1 Å². The van der Waals surface area contributed by atoms with Gasteiger partial charge in [0.05, 0.1) is 6.04 Å². The second kappa shape index (κ2) is 10.3. The summed E-state index contributed by atoms with van der Waals surface area (Å²) in [6, 6.07) is 6.49. The van der Waals surface area contributed by atoms with Gasteiger partial charge >= 0.3 is 0 Å². The number of rotatable bonds is 6. The van der Waals surface area contributed by atoms with Crippen LogP contribution in [0.5, 0.6) is 0 Å². The maximum Gasteiger partial charge on any atom is 0.239 e. The van der Waals surface area contributed by atoms with E-state index in [-0.39, 0.29) is 35.9 Å². The number of carbonyl (C=O) groups excluding carboxylic acids is 1. The summed E-state index contributed by atoms with van der Waals surface area (Å²) in [5.74, 6) is 0.675. The van der Waals surface area contributed by atoms with Crippen molar-refractivity contribution in [2.24, 2.45) is 10.7 Å². The van der Waals surface area contributed by atoms with E-state index >= 15 is 0 Å². The number of benzene rings is 1. The van der Waals surface area contributed by atoms with Gasteiger partial charge in [-0.3, -0.25) is 14.7 Å². The number of hydrogen-bond acceptors (Lipinski definition) is 3. The topological polar surface area (TPSA) is 74.0 Å². The highest BCUT2D eigenvalue weighted by molar-refractivity contribution is 14.0. The zero-order valence-electron chi connectivity index (χ0n) is 16.4. The Kier molecular flexibility index (Phi) is 8.34. The number of aliphatic imine (C=N–C) groups is 1. The lowest BCUT2D eigenvalue weighted by molar-refractivity contribution is -0.133. The summed E-state index contributed by atoms with van der Waals surface area (Å²) >= 11 is 0. The van der Waals surface area contributed by atoms with E-state index in [2.05, 4.69) is 33.4 Å². The number of nitrogens with zero attached hydrogens (tertiary/aromatic N) is 3. The first-order chi connectivity index (χ1) is 12.5. The lowest BCUT2D eigenvalue weighted by Crippen LogP contribution is -2.43. The van der Waals surface area contributed by atoms with Crippen LogP contribution in [0.4, 0.5) is 5.69 Å². The van der Waals surface area contributed by atoms with E-state index in [9.17, 15) is 4.79 Å². The van der Waals surface area contributed by atoms with Crippen molar-refractivity contribution in [1.29, 1.82) is 0 Å². The first kappa shape index (κ1) is 21.9. The predicted molar refractivity (Wildman–Crippen MR) is 122 cm³/mol. The largest absolute Gasteiger partial charge is 0.370 e. The molecule has 2 aliphatic rings. The molecule has 27 heavy (non-hydrogen) atoms. The van der Waals surface area contributed by atoms with E-state index in [1.54, 1.807) is 4.90 Å². The number of aryl methyl sites for hydroxylation is 2. The van der Waals surface area contributed by atoms with E-state index in [0.29, 0.717) is 12.5 Å². The van der Waals surface area contributed by atoms with Crippen molar-refractivity contribution in [2.45, 2.75) is 44.6 Å². The van der Waals surface area contributed by atoms with Crippen molar-refractivity contribution < 1.29 is 4.79 Å². The fraction of sp³-hybridized carbons (Fsp3) is 0.600. The SMILES string of the molecule is CN(C)C(=O)C1CCCN1CCCN=C(N)Nc1ccc2c(c1)CCC2.I. The highest BCUT2D eigenvalue weighted by Crippen LogP contribution is 2.24. The number of guanidine groups is 1. The molecule has 1 aliphatic heterocycles. The van der Waals surface area contributed by atoms with Crippen LogP contribution in [0.25, 0.3) is 0 Å². The van der Waals surface area contributed by atoms with E-state index in [1.807, 2.05) is 14.1 Å². The number of hydrogen-bond donors (Lipinski definition) is 2. The van der Waals surface area contributed by atoms with Crippen molar-refractivity contribution in [1.82, 2.24) is 9.80 Å². The van der Waals surface area contributed by atoms with Crippen LogP contribution in [0.2, 0.25) is 0 Å². The van der Waals surface area contributed by atoms with Crippen molar-refractivity contribution in [2.75, 3.05) is 39.0 Å². The summed E-state index contributed by atoms with van der Waals surface area (Å²) < 4.78 is 0. The molecule has 1 atom stereocenters. The number of likely N-dealkylation sites (N-methyl/N-ethyl adjacent to an activating group) is 1. The molecule has 0 aromatic heterocycles. The summed E-state index contributed by atoms with van der Waals surface area (Å²) in [6.45, 7) is 2.56. The molecule has 7 heteroatoms. The molecule has 1 fully saturated rings. The van der Waals surface area contributed by atoms with Gasteiger partial charge in [-0.05, 0) is 68.3 Å². The van der Waals surface area contributed by atoms with Crippen LogP contribution in [-0.4, -0.2) is 61.4 Å². The van der Waals surface area contributed by atoms with Gasteiger partial charge < -0.3 is 16.0 Å². The standard InChI is InChI=1S/C20H31N5O.HI/c1-24(2)19(26)18-8-4-12-25(18)13-5-11-22-20(21)23-17-10-9-15-6-3-7-16(15)14-17;/h9-10,14,18H,3-8,11-13H2,1-2H3,(H3,21,22,23);1H. The third-order valence-corrected chi connectivity index (χ3v) is 5.35. The number of carbonyl (C=O) groups is 1. The minimum Gasteiger partial charge on any atom is -0.370 e. The van der Waals surface area contributed by atoms with Gasteiger partial charge in [0.15, 0.2) is 5.96 Å². The number of likely N-dealkylation sites (tertiary alicyclic amines) is 1. The van der Waals surface area contributed by atoms with Gasteiger partial charge in [-0.2, -0.15) is 0 Å². The van der Waals surface area contributed by atoms with Crippen LogP contribution in [0.15, 0.2) is 23.2 Å². The first-order valence-electron chi connectivity index (χ1n) is 9.68. The molecule has 0 radical (unpaired) electrons. The smallest absolute Gasteiger partial charge is 0.239 e. The summed E-state index contributed by atoms with van der Waals surface area (Å²) in [4.78, 5) is 20.6. The molecule has 1 aromatic carbocycles. The van der Waals surface area contributed by atoms with Crippen molar-refractivity contribution in [3.05, 3.63) is 29.3 Å². The molecule has 1 aromatic rings. The van der Waals surface area contributed by atoms with Gasteiger partial charge in [-0.25, -0.2) is 0 Å². The van der Waals surface area contributed by atoms with E-state index in [1.165, 1.54) is 24.0 Å². The van der Waals surface area contributed by atoms with E-state index in [4.69, 9.17) is 5.73 Å². The van der Waals surface area contributed by atoms with E-state index < -0.39 is 0 Å². The van der Waals surface area contributed by atoms with Crippen LogP contribution >= 0.6 is 24.0 Å². The molecule has 3 rings (SSSR count). The molecule has 6 nitrogen and oxygen atoms in total. The second-order valence-electron chi connectivity index (χ2n) is 7.51. The van der Waals surface area contributed by atoms with Gasteiger partial charge in [-0.1, -0.05) is 6.07 Å². The van der Waals surface area contributed by atoms with Crippen LogP contribution in [0.3, 0.4) is 0 Å². The van der Waals surface area contributed by atoms with Crippen molar-refractivity contribution in [3.63, 3.8) is 0 Å². The molecule has 0 saturated carbocycles. The summed E-state index contributed by atoms with van der Waals surface area (Å²) in [5, 5.41) is 3.20. The van der Waals surface area contributed by atoms with Crippen molar-refractivity contribution in [3.8, 4) is 0 Å². The lowest BCUT2D eigenvalue weighted by Gasteiger charge is -2.25. The van der Waals surface area contributed by atoms with Crippen LogP contribution in [0, 0.1) is 0 Å². The number of halogens is 1. The Labute approximate surface area is 179 Å². The Balaban J connectivity index is 0.00000261. The molecule has 1 unspecified atom stereocenters. The Hall–Kier alpha value is -1.35. The third kappa shape index (κ3) is 5.81. The maximum atomic E-state index is 12.2. The molecule has 0 spiro atoms. The summed E-state index contributed by atoms with van der Waals surface area (Å²) in [7, 11) is 3.66. The van der Waals surface area contributed by atoms with Gasteiger partial charge in [0.2, 0.25) is 5.91 Å². The molecule has 1 amide bonds. The molecule has 0 bridgehead atoms. The molecular formula is C20H32IN5O. The average molecular weight is 485 g/mol. The minimum absolute atomic E-state index is 0. The first-order valence-corrected chi connectivity index (χ1v) is 9.68. The van der Waals surface area contributed by atoms with Crippen LogP contribution in [0.1, 0.15) is 36.8 Å². The number of amides is 1. The quantitative estimate of drug-likeness (QED) is 0.281. The molecule has 1 saturated heterocycles. The van der Waals surface area contributed by atoms with Gasteiger partial charge in [0, 0.05) is 32.9 Å². The predicted octanol–water partition coefficient (Wildman–Crippen LogP) is 2.46. The van der Waals surface area contributed by atoms with Gasteiger partial charge in [-0.15, -0.1) is 24.0 Å². The molecule has 150 valence electrons. The molecule has 1 heterocycles. The normalized spacial score (nSPS) is 19.5. The van der Waals surface area contributed by atoms with E-state index in [0.717, 1.165) is 44.5 Å². The van der Waals surface area contributed by atoms with Gasteiger partial charge in [0.1, 0.15) is 0 Å². The fourth-order valence-corrected chi connectivity index (χ4v) is 3.98. The summed E-state index contributed by atoms with van der Waals surface area (Å²) in [5.41, 5.74) is 9.92. The number of nitrogens with one attached hydrogen (secondary N) is 1. The Bertz CT molecular complexity index is 676. The van der Waals surface area contributed by atoms with Gasteiger partial charge in [0.25, 0.3) is 0 Å². The molecule has 1 aliphatic carbocycles. The lowest BCUT2D eigenvalue weighted by atomic mass is 10.1. The monoisotopic (exact) mass is 485 g/mol. The van der Waals surface area contributed by atoms with Crippen LogP contribution in [-0.2, 0) is 17.6 Å². The highest BCUT2D eigenvalue weighted by Gasteiger charge is 2.30. The minimum atomic E-state index is 0. The zero-order valence-corrected chi connectivity index (χ0v) is 18.7. The second-order valence-corrected chi connectivity index (χ2v) is 7.51. The number of fused-ring (bicyclic) bond motifs is 1. The Morgan fingerprint density at radius 1 is 1.30 bits per heavy atom.